The van der Waals surface area contributed by atoms with Gasteiger partial charge in [-0.15, -0.1) is 0 Å². The topological polar surface area (TPSA) is 70.9 Å². The Morgan fingerprint density at radius 1 is 1.32 bits per heavy atom. The number of rotatable bonds is 7. The van der Waals surface area contributed by atoms with E-state index in [0.29, 0.717) is 32.7 Å². The van der Waals surface area contributed by atoms with Crippen LogP contribution in [0.5, 0.6) is 0 Å². The number of piperazine rings is 1. The Morgan fingerprint density at radius 2 is 1.96 bits per heavy atom. The first-order valence-electron chi connectivity index (χ1n) is 8.72. The second-order valence-corrected chi connectivity index (χ2v) is 8.83. The summed E-state index contributed by atoms with van der Waals surface area (Å²) in [5, 5.41) is 3.23. The Morgan fingerprint density at radius 3 is 2.56 bits per heavy atom. The van der Waals surface area contributed by atoms with E-state index in [-0.39, 0.29) is 21.9 Å². The van der Waals surface area contributed by atoms with Crippen molar-refractivity contribution in [2.75, 3.05) is 32.7 Å². The summed E-state index contributed by atoms with van der Waals surface area (Å²) in [6.45, 7) is 6.48. The zero-order valence-electron chi connectivity index (χ0n) is 14.8. The van der Waals surface area contributed by atoms with E-state index in [1.807, 2.05) is 6.92 Å². The number of quaternary nitrogens is 1. The molecule has 1 aliphatic rings. The fourth-order valence-corrected chi connectivity index (χ4v) is 5.01. The van der Waals surface area contributed by atoms with E-state index in [0.717, 1.165) is 17.7 Å². The number of nitrogens with one attached hydrogen (secondary N) is 2. The van der Waals surface area contributed by atoms with Crippen molar-refractivity contribution in [3.8, 4) is 0 Å². The van der Waals surface area contributed by atoms with Crippen LogP contribution in [0, 0.1) is 0 Å². The molecular weight excluding hydrogens is 362 g/mol. The van der Waals surface area contributed by atoms with Crippen LogP contribution in [0.2, 0.25) is 5.02 Å². The van der Waals surface area contributed by atoms with Crippen LogP contribution in [0.4, 0.5) is 0 Å². The highest BCUT2D eigenvalue weighted by Gasteiger charge is 2.32. The number of amides is 1. The molecule has 0 aliphatic carbocycles. The van der Waals surface area contributed by atoms with Crippen molar-refractivity contribution < 1.29 is 18.1 Å². The van der Waals surface area contributed by atoms with E-state index in [1.54, 1.807) is 18.2 Å². The fourth-order valence-electron chi connectivity index (χ4n) is 3.07. The second-order valence-electron chi connectivity index (χ2n) is 6.52. The molecule has 0 bridgehead atoms. The van der Waals surface area contributed by atoms with E-state index in [2.05, 4.69) is 12.2 Å². The van der Waals surface area contributed by atoms with E-state index >= 15 is 0 Å². The van der Waals surface area contributed by atoms with Crippen LogP contribution in [0.25, 0.3) is 0 Å². The Kier molecular flexibility index (Phi) is 7.25. The minimum absolute atomic E-state index is 0.0263. The molecule has 1 aliphatic heterocycles. The van der Waals surface area contributed by atoms with Gasteiger partial charge in [0.25, 0.3) is 5.91 Å². The van der Waals surface area contributed by atoms with Gasteiger partial charge in [-0.1, -0.05) is 37.1 Å². The summed E-state index contributed by atoms with van der Waals surface area (Å²) in [6.07, 6.45) is 2.00. The van der Waals surface area contributed by atoms with Crippen molar-refractivity contribution in [3.05, 3.63) is 29.3 Å². The SMILES string of the molecule is CCC[C@H](C)NC(=O)C[NH+]1CCN(S(=O)(=O)c2ccccc2Cl)CC1. The Hall–Kier alpha value is -1.15. The predicted molar refractivity (Wildman–Crippen MR) is 98.3 cm³/mol. The molecule has 1 amide bonds. The highest BCUT2D eigenvalue weighted by Crippen LogP contribution is 2.23. The van der Waals surface area contributed by atoms with E-state index in [9.17, 15) is 13.2 Å². The van der Waals surface area contributed by atoms with Gasteiger partial charge in [0.05, 0.1) is 31.2 Å². The van der Waals surface area contributed by atoms with Crippen molar-refractivity contribution >= 4 is 27.5 Å². The van der Waals surface area contributed by atoms with Crippen molar-refractivity contribution in [1.82, 2.24) is 9.62 Å². The first-order chi connectivity index (χ1) is 11.8. The summed E-state index contributed by atoms with van der Waals surface area (Å²) in [5.41, 5.74) is 0. The molecule has 2 N–H and O–H groups in total. The first-order valence-corrected chi connectivity index (χ1v) is 10.5. The van der Waals surface area contributed by atoms with Crippen molar-refractivity contribution in [2.24, 2.45) is 0 Å². The molecular formula is C17H27ClN3O3S+. The number of benzene rings is 1. The summed E-state index contributed by atoms with van der Waals surface area (Å²) in [4.78, 5) is 13.3. The van der Waals surface area contributed by atoms with Crippen molar-refractivity contribution in [1.29, 1.82) is 0 Å². The number of hydrogen-bond acceptors (Lipinski definition) is 3. The smallest absolute Gasteiger partial charge is 0.275 e. The zero-order valence-corrected chi connectivity index (χ0v) is 16.4. The van der Waals surface area contributed by atoms with Crippen LogP contribution in [-0.4, -0.2) is 57.4 Å². The van der Waals surface area contributed by atoms with Crippen LogP contribution in [0.3, 0.4) is 0 Å². The summed E-state index contributed by atoms with van der Waals surface area (Å²) in [6, 6.07) is 6.67. The molecule has 0 unspecified atom stereocenters. The Balaban J connectivity index is 1.89. The molecule has 6 nitrogen and oxygen atoms in total. The maximum absolute atomic E-state index is 12.7. The van der Waals surface area contributed by atoms with Gasteiger partial charge in [0.2, 0.25) is 10.0 Å². The summed E-state index contributed by atoms with van der Waals surface area (Å²) in [7, 11) is -3.58. The fraction of sp³-hybridized carbons (Fsp3) is 0.588. The second kappa shape index (κ2) is 8.98. The van der Waals surface area contributed by atoms with Gasteiger partial charge in [-0.3, -0.25) is 4.79 Å². The molecule has 1 aromatic carbocycles. The van der Waals surface area contributed by atoms with Crippen LogP contribution < -0.4 is 10.2 Å². The molecule has 2 rings (SSSR count). The van der Waals surface area contributed by atoms with Gasteiger partial charge < -0.3 is 10.2 Å². The maximum atomic E-state index is 12.7. The minimum Gasteiger partial charge on any atom is -0.349 e. The quantitative estimate of drug-likeness (QED) is 0.716. The third-order valence-electron chi connectivity index (χ3n) is 4.42. The predicted octanol–water partition coefficient (Wildman–Crippen LogP) is 0.534. The van der Waals surface area contributed by atoms with Gasteiger partial charge in [-0.05, 0) is 25.5 Å². The minimum atomic E-state index is -3.58. The lowest BCUT2D eigenvalue weighted by Gasteiger charge is -2.31. The number of halogens is 1. The third-order valence-corrected chi connectivity index (χ3v) is 6.82. The lowest BCUT2D eigenvalue weighted by Crippen LogP contribution is -3.15. The molecule has 0 saturated carbocycles. The average Bonchev–Trinajstić information content (AvgIpc) is 2.55. The molecule has 1 atom stereocenters. The van der Waals surface area contributed by atoms with Crippen LogP contribution in [-0.2, 0) is 14.8 Å². The number of carbonyl (C=O) groups excluding carboxylic acids is 1. The van der Waals surface area contributed by atoms with Gasteiger partial charge in [0.15, 0.2) is 6.54 Å². The highest BCUT2D eigenvalue weighted by atomic mass is 35.5. The summed E-state index contributed by atoms with van der Waals surface area (Å²) in [5.74, 6) is 0.0263. The normalized spacial score (nSPS) is 18.0. The molecule has 1 heterocycles. The van der Waals surface area contributed by atoms with Crippen LogP contribution in [0.1, 0.15) is 26.7 Å². The monoisotopic (exact) mass is 388 g/mol. The van der Waals surface area contributed by atoms with E-state index in [1.165, 1.54) is 10.4 Å². The van der Waals surface area contributed by atoms with Crippen LogP contribution >= 0.6 is 11.6 Å². The van der Waals surface area contributed by atoms with Gasteiger partial charge in [0, 0.05) is 6.04 Å². The van der Waals surface area contributed by atoms with Gasteiger partial charge >= 0.3 is 0 Å². The number of carbonyl (C=O) groups is 1. The molecule has 0 radical (unpaired) electrons. The molecule has 25 heavy (non-hydrogen) atoms. The van der Waals surface area contributed by atoms with Crippen molar-refractivity contribution in [2.45, 2.75) is 37.6 Å². The van der Waals surface area contributed by atoms with Gasteiger partial charge in [-0.2, -0.15) is 4.31 Å². The van der Waals surface area contributed by atoms with Gasteiger partial charge in [0.1, 0.15) is 4.90 Å². The van der Waals surface area contributed by atoms with E-state index < -0.39 is 10.0 Å². The molecule has 0 aromatic heterocycles. The Bertz CT molecular complexity index is 688. The lowest BCUT2D eigenvalue weighted by molar-refractivity contribution is -0.895. The van der Waals surface area contributed by atoms with E-state index in [4.69, 9.17) is 11.6 Å². The lowest BCUT2D eigenvalue weighted by atomic mass is 10.2. The number of nitrogens with zero attached hydrogens (tertiary/aromatic N) is 1. The zero-order chi connectivity index (χ0) is 18.4. The first kappa shape index (κ1) is 20.2. The number of hydrogen-bond donors (Lipinski definition) is 2. The molecule has 1 saturated heterocycles. The average molecular weight is 389 g/mol. The van der Waals surface area contributed by atoms with Crippen LogP contribution in [0.15, 0.2) is 29.2 Å². The molecule has 1 aromatic rings. The largest absolute Gasteiger partial charge is 0.349 e. The highest BCUT2D eigenvalue weighted by molar-refractivity contribution is 7.89. The molecule has 140 valence electrons. The Labute approximate surface area is 155 Å². The van der Waals surface area contributed by atoms with Crippen molar-refractivity contribution in [3.63, 3.8) is 0 Å². The molecule has 0 spiro atoms. The third kappa shape index (κ3) is 5.41. The summed E-state index contributed by atoms with van der Waals surface area (Å²) >= 11 is 6.04. The summed E-state index contributed by atoms with van der Waals surface area (Å²) < 4.78 is 26.9. The molecule has 1 fully saturated rings. The maximum Gasteiger partial charge on any atom is 0.275 e. The molecule has 8 heteroatoms. The van der Waals surface area contributed by atoms with Gasteiger partial charge in [-0.25, -0.2) is 8.42 Å². The number of sulfonamides is 1. The standard InChI is InChI=1S/C17H26ClN3O3S/c1-3-6-14(2)19-17(22)13-20-9-11-21(12-10-20)25(23,24)16-8-5-4-7-15(16)18/h4-5,7-8,14H,3,6,9-13H2,1-2H3,(H,19,22)/p+1/t14-/m0/s1.